The molecule has 0 heterocycles. The van der Waals surface area contributed by atoms with Crippen molar-refractivity contribution < 1.29 is 9.53 Å². The van der Waals surface area contributed by atoms with Gasteiger partial charge in [-0.25, -0.2) is 0 Å². The van der Waals surface area contributed by atoms with Gasteiger partial charge in [0.2, 0.25) is 5.91 Å². The Morgan fingerprint density at radius 1 is 1.38 bits per heavy atom. The lowest BCUT2D eigenvalue weighted by atomic mass is 9.86. The number of rotatable bonds is 5. The lowest BCUT2D eigenvalue weighted by Crippen LogP contribution is -2.41. The number of hydrogen-bond acceptors (Lipinski definition) is 2. The van der Waals surface area contributed by atoms with Crippen molar-refractivity contribution in [2.45, 2.75) is 65.0 Å². The Labute approximate surface area is 98.9 Å². The van der Waals surface area contributed by atoms with Gasteiger partial charge in [0.15, 0.2) is 0 Å². The van der Waals surface area contributed by atoms with Crippen LogP contribution in [0.4, 0.5) is 0 Å². The second-order valence-corrected chi connectivity index (χ2v) is 5.11. The molecule has 0 unspecified atom stereocenters. The fraction of sp³-hybridized carbons (Fsp3) is 0.923. The number of hydrogen-bond donors (Lipinski definition) is 1. The molecule has 0 bridgehead atoms. The smallest absolute Gasteiger partial charge is 0.222 e. The summed E-state index contributed by atoms with van der Waals surface area (Å²) in [6, 6.07) is 0.389. The van der Waals surface area contributed by atoms with Gasteiger partial charge in [-0.15, -0.1) is 0 Å². The molecule has 1 aliphatic carbocycles. The Morgan fingerprint density at radius 3 is 2.69 bits per heavy atom. The van der Waals surface area contributed by atoms with Crippen LogP contribution < -0.4 is 5.32 Å². The summed E-state index contributed by atoms with van der Waals surface area (Å²) in [7, 11) is 0. The van der Waals surface area contributed by atoms with Crippen LogP contribution in [0.3, 0.4) is 0 Å². The van der Waals surface area contributed by atoms with E-state index in [0.29, 0.717) is 25.0 Å². The van der Waals surface area contributed by atoms with Crippen molar-refractivity contribution >= 4 is 5.91 Å². The molecule has 3 nitrogen and oxygen atoms in total. The topological polar surface area (TPSA) is 38.3 Å². The molecule has 0 aliphatic heterocycles. The predicted molar refractivity (Wildman–Crippen MR) is 65.3 cm³/mol. The minimum Gasteiger partial charge on any atom is -0.378 e. The Kier molecular flexibility index (Phi) is 5.81. The molecule has 94 valence electrons. The van der Waals surface area contributed by atoms with E-state index in [4.69, 9.17) is 4.74 Å². The molecule has 0 aromatic carbocycles. The minimum atomic E-state index is 0.138. The van der Waals surface area contributed by atoms with E-state index in [9.17, 15) is 4.79 Å². The molecule has 0 aromatic heterocycles. The van der Waals surface area contributed by atoms with Gasteiger partial charge in [0.1, 0.15) is 0 Å². The lowest BCUT2D eigenvalue weighted by molar-refractivity contribution is -0.123. The highest BCUT2D eigenvalue weighted by molar-refractivity contribution is 5.76. The van der Waals surface area contributed by atoms with Gasteiger partial charge in [-0.2, -0.15) is 0 Å². The maximum atomic E-state index is 11.6. The number of carbonyl (C=O) groups is 1. The maximum absolute atomic E-state index is 11.6. The van der Waals surface area contributed by atoms with Gasteiger partial charge < -0.3 is 10.1 Å². The molecule has 0 saturated heterocycles. The van der Waals surface area contributed by atoms with Gasteiger partial charge in [-0.1, -0.05) is 19.8 Å². The molecule has 1 amide bonds. The molecule has 1 fully saturated rings. The third kappa shape index (κ3) is 4.97. The first-order chi connectivity index (χ1) is 7.59. The third-order valence-corrected chi connectivity index (χ3v) is 3.24. The van der Waals surface area contributed by atoms with Crippen molar-refractivity contribution in [3.63, 3.8) is 0 Å². The number of nitrogens with one attached hydrogen (secondary N) is 1. The quantitative estimate of drug-likeness (QED) is 0.783. The normalized spacial score (nSPS) is 25.8. The van der Waals surface area contributed by atoms with Crippen LogP contribution in [0.2, 0.25) is 0 Å². The lowest BCUT2D eigenvalue weighted by Gasteiger charge is -2.29. The van der Waals surface area contributed by atoms with Crippen LogP contribution in [0, 0.1) is 5.92 Å². The van der Waals surface area contributed by atoms with Gasteiger partial charge in [-0.3, -0.25) is 4.79 Å². The fourth-order valence-corrected chi connectivity index (χ4v) is 2.20. The van der Waals surface area contributed by atoms with Crippen LogP contribution in [-0.4, -0.2) is 24.7 Å². The van der Waals surface area contributed by atoms with Crippen LogP contribution in [0.1, 0.15) is 52.9 Å². The highest BCUT2D eigenvalue weighted by Gasteiger charge is 2.22. The van der Waals surface area contributed by atoms with Crippen molar-refractivity contribution in [1.29, 1.82) is 0 Å². The van der Waals surface area contributed by atoms with Crippen LogP contribution in [-0.2, 0) is 9.53 Å². The van der Waals surface area contributed by atoms with E-state index >= 15 is 0 Å². The molecule has 0 spiro atoms. The summed E-state index contributed by atoms with van der Waals surface area (Å²) >= 11 is 0. The van der Waals surface area contributed by atoms with Gasteiger partial charge in [0.05, 0.1) is 12.7 Å². The SMILES string of the molecule is CC(C)OCCC(=O)N[C@@H]1CCCC[C@H]1C. The Morgan fingerprint density at radius 2 is 2.06 bits per heavy atom. The van der Waals surface area contributed by atoms with Gasteiger partial charge in [-0.05, 0) is 32.6 Å². The second-order valence-electron chi connectivity index (χ2n) is 5.11. The first-order valence-electron chi connectivity index (χ1n) is 6.50. The first kappa shape index (κ1) is 13.5. The van der Waals surface area contributed by atoms with Gasteiger partial charge >= 0.3 is 0 Å². The molecule has 0 radical (unpaired) electrons. The number of amides is 1. The fourth-order valence-electron chi connectivity index (χ4n) is 2.20. The summed E-state index contributed by atoms with van der Waals surface area (Å²) in [5, 5.41) is 3.12. The monoisotopic (exact) mass is 227 g/mol. The van der Waals surface area contributed by atoms with Crippen molar-refractivity contribution in [3.8, 4) is 0 Å². The Hall–Kier alpha value is -0.570. The zero-order valence-electron chi connectivity index (χ0n) is 10.8. The molecule has 0 aromatic rings. The average molecular weight is 227 g/mol. The Balaban J connectivity index is 2.17. The molecular weight excluding hydrogens is 202 g/mol. The Bertz CT molecular complexity index is 216. The molecule has 1 rings (SSSR count). The number of carbonyl (C=O) groups excluding carboxylic acids is 1. The zero-order chi connectivity index (χ0) is 12.0. The first-order valence-corrected chi connectivity index (χ1v) is 6.50. The highest BCUT2D eigenvalue weighted by atomic mass is 16.5. The number of ether oxygens (including phenoxy) is 1. The molecular formula is C13H25NO2. The van der Waals surface area contributed by atoms with E-state index in [1.807, 2.05) is 13.8 Å². The standard InChI is InChI=1S/C13H25NO2/c1-10(2)16-9-8-13(15)14-12-7-5-4-6-11(12)3/h10-12H,4-9H2,1-3H3,(H,14,15)/t11-,12-/m1/s1. The largest absolute Gasteiger partial charge is 0.378 e. The van der Waals surface area contributed by atoms with E-state index in [2.05, 4.69) is 12.2 Å². The summed E-state index contributed by atoms with van der Waals surface area (Å²) in [6.07, 6.45) is 5.63. The molecule has 1 aliphatic rings. The predicted octanol–water partition coefficient (Wildman–Crippen LogP) is 2.50. The summed E-state index contributed by atoms with van der Waals surface area (Å²) in [6.45, 7) is 6.74. The van der Waals surface area contributed by atoms with E-state index in [1.54, 1.807) is 0 Å². The van der Waals surface area contributed by atoms with Crippen LogP contribution in [0.15, 0.2) is 0 Å². The maximum Gasteiger partial charge on any atom is 0.222 e. The highest BCUT2D eigenvalue weighted by Crippen LogP contribution is 2.23. The zero-order valence-corrected chi connectivity index (χ0v) is 10.8. The molecule has 1 N–H and O–H groups in total. The van der Waals surface area contributed by atoms with E-state index < -0.39 is 0 Å². The summed E-state index contributed by atoms with van der Waals surface area (Å²) < 4.78 is 5.37. The van der Waals surface area contributed by atoms with Crippen molar-refractivity contribution in [2.75, 3.05) is 6.61 Å². The average Bonchev–Trinajstić information content (AvgIpc) is 2.21. The second kappa shape index (κ2) is 6.89. The van der Waals surface area contributed by atoms with E-state index in [-0.39, 0.29) is 12.0 Å². The van der Waals surface area contributed by atoms with Crippen molar-refractivity contribution in [1.82, 2.24) is 5.32 Å². The third-order valence-electron chi connectivity index (χ3n) is 3.24. The van der Waals surface area contributed by atoms with E-state index in [1.165, 1.54) is 19.3 Å². The van der Waals surface area contributed by atoms with Gasteiger partial charge in [0, 0.05) is 12.5 Å². The summed E-state index contributed by atoms with van der Waals surface area (Å²) in [5.41, 5.74) is 0. The van der Waals surface area contributed by atoms with Crippen molar-refractivity contribution in [2.24, 2.45) is 5.92 Å². The van der Waals surface area contributed by atoms with Crippen molar-refractivity contribution in [3.05, 3.63) is 0 Å². The summed E-state index contributed by atoms with van der Waals surface area (Å²) in [4.78, 5) is 11.6. The minimum absolute atomic E-state index is 0.138. The van der Waals surface area contributed by atoms with Crippen LogP contribution in [0.25, 0.3) is 0 Å². The van der Waals surface area contributed by atoms with Gasteiger partial charge in [0.25, 0.3) is 0 Å². The molecule has 16 heavy (non-hydrogen) atoms. The summed E-state index contributed by atoms with van der Waals surface area (Å²) in [5.74, 6) is 0.767. The van der Waals surface area contributed by atoms with Crippen LogP contribution >= 0.6 is 0 Å². The van der Waals surface area contributed by atoms with Crippen LogP contribution in [0.5, 0.6) is 0 Å². The van der Waals surface area contributed by atoms with E-state index in [0.717, 1.165) is 6.42 Å². The molecule has 2 atom stereocenters. The molecule has 3 heteroatoms. The molecule has 1 saturated carbocycles.